The number of hydrogen-bond donors (Lipinski definition) is 2. The van der Waals surface area contributed by atoms with Gasteiger partial charge in [0, 0.05) is 25.0 Å². The van der Waals surface area contributed by atoms with Gasteiger partial charge in [-0.3, -0.25) is 0 Å². The van der Waals surface area contributed by atoms with E-state index in [0.717, 1.165) is 6.54 Å². The summed E-state index contributed by atoms with van der Waals surface area (Å²) in [4.78, 5) is 3.06. The van der Waals surface area contributed by atoms with Crippen LogP contribution in [0.5, 0.6) is 0 Å². The summed E-state index contributed by atoms with van der Waals surface area (Å²) in [5.41, 5.74) is 3.93. The number of aryl methyl sites for hydroxylation is 1. The van der Waals surface area contributed by atoms with E-state index in [1.807, 2.05) is 12.4 Å². The number of nitrogens with one attached hydrogen (secondary N) is 2. The summed E-state index contributed by atoms with van der Waals surface area (Å²) in [6.07, 6.45) is 3.97. The first-order chi connectivity index (χ1) is 7.75. The Morgan fingerprint density at radius 1 is 1.19 bits per heavy atom. The zero-order valence-electron chi connectivity index (χ0n) is 9.83. The molecule has 0 amide bonds. The van der Waals surface area contributed by atoms with Gasteiger partial charge in [-0.2, -0.15) is 0 Å². The molecule has 0 aliphatic rings. The average molecular weight is 214 g/mol. The number of benzene rings is 1. The molecular formula is C14H18N2. The first kappa shape index (κ1) is 11.0. The van der Waals surface area contributed by atoms with Crippen molar-refractivity contribution in [2.75, 3.05) is 0 Å². The number of aromatic amines is 1. The largest absolute Gasteiger partial charge is 0.367 e. The lowest BCUT2D eigenvalue weighted by Crippen LogP contribution is -2.17. The SMILES string of the molecule is Cc1ccc([C@H](C)NCc2cc[nH]c2)cc1. The molecule has 1 heterocycles. The smallest absolute Gasteiger partial charge is 0.0294 e. The second kappa shape index (κ2) is 4.99. The highest BCUT2D eigenvalue weighted by Crippen LogP contribution is 2.13. The van der Waals surface area contributed by atoms with Gasteiger partial charge >= 0.3 is 0 Å². The maximum absolute atomic E-state index is 3.50. The van der Waals surface area contributed by atoms with E-state index in [2.05, 4.69) is 54.5 Å². The Morgan fingerprint density at radius 2 is 1.94 bits per heavy atom. The normalized spacial score (nSPS) is 12.6. The summed E-state index contributed by atoms with van der Waals surface area (Å²) in [7, 11) is 0. The van der Waals surface area contributed by atoms with Crippen LogP contribution in [-0.4, -0.2) is 4.98 Å². The van der Waals surface area contributed by atoms with Crippen LogP contribution in [0, 0.1) is 6.92 Å². The third-order valence-corrected chi connectivity index (χ3v) is 2.85. The van der Waals surface area contributed by atoms with Crippen LogP contribution in [0.2, 0.25) is 0 Å². The van der Waals surface area contributed by atoms with Gasteiger partial charge in [0.15, 0.2) is 0 Å². The lowest BCUT2D eigenvalue weighted by molar-refractivity contribution is 0.575. The topological polar surface area (TPSA) is 27.8 Å². The van der Waals surface area contributed by atoms with Gasteiger partial charge in [0.25, 0.3) is 0 Å². The standard InChI is InChI=1S/C14H18N2/c1-11-3-5-14(6-4-11)12(2)16-10-13-7-8-15-9-13/h3-9,12,15-16H,10H2,1-2H3/t12-/m0/s1. The van der Waals surface area contributed by atoms with Gasteiger partial charge in [-0.05, 0) is 31.0 Å². The predicted molar refractivity (Wildman–Crippen MR) is 67.2 cm³/mol. The van der Waals surface area contributed by atoms with Crippen LogP contribution in [0.25, 0.3) is 0 Å². The molecule has 16 heavy (non-hydrogen) atoms. The Balaban J connectivity index is 1.93. The maximum Gasteiger partial charge on any atom is 0.0294 e. The summed E-state index contributed by atoms with van der Waals surface area (Å²) in [6, 6.07) is 11.2. The predicted octanol–water partition coefficient (Wildman–Crippen LogP) is 3.17. The van der Waals surface area contributed by atoms with Gasteiger partial charge in [0.05, 0.1) is 0 Å². The van der Waals surface area contributed by atoms with Crippen molar-refractivity contribution < 1.29 is 0 Å². The molecule has 2 aromatic rings. The summed E-state index contributed by atoms with van der Waals surface area (Å²) >= 11 is 0. The Kier molecular flexibility index (Phi) is 3.42. The molecule has 0 fully saturated rings. The minimum atomic E-state index is 0.385. The van der Waals surface area contributed by atoms with E-state index in [0.29, 0.717) is 6.04 Å². The molecule has 2 heteroatoms. The second-order valence-corrected chi connectivity index (χ2v) is 4.23. The van der Waals surface area contributed by atoms with Crippen LogP contribution in [0.3, 0.4) is 0 Å². The first-order valence-electron chi connectivity index (χ1n) is 5.67. The van der Waals surface area contributed by atoms with E-state index in [4.69, 9.17) is 0 Å². The van der Waals surface area contributed by atoms with Crippen LogP contribution < -0.4 is 5.32 Å². The minimum Gasteiger partial charge on any atom is -0.367 e. The van der Waals surface area contributed by atoms with Crippen molar-refractivity contribution in [1.82, 2.24) is 10.3 Å². The molecule has 0 bridgehead atoms. The molecule has 0 aliphatic carbocycles. The lowest BCUT2D eigenvalue weighted by Gasteiger charge is -2.13. The lowest BCUT2D eigenvalue weighted by atomic mass is 10.1. The van der Waals surface area contributed by atoms with E-state index in [9.17, 15) is 0 Å². The third kappa shape index (κ3) is 2.74. The van der Waals surface area contributed by atoms with Gasteiger partial charge in [-0.1, -0.05) is 29.8 Å². The number of aromatic nitrogens is 1. The fourth-order valence-corrected chi connectivity index (χ4v) is 1.71. The summed E-state index contributed by atoms with van der Waals surface area (Å²) in [5, 5.41) is 3.50. The van der Waals surface area contributed by atoms with Crippen LogP contribution in [0.4, 0.5) is 0 Å². The van der Waals surface area contributed by atoms with Crippen molar-refractivity contribution in [3.05, 3.63) is 59.4 Å². The molecule has 0 saturated carbocycles. The zero-order chi connectivity index (χ0) is 11.4. The molecule has 0 radical (unpaired) electrons. The summed E-state index contributed by atoms with van der Waals surface area (Å²) < 4.78 is 0. The molecule has 1 aromatic carbocycles. The minimum absolute atomic E-state index is 0.385. The van der Waals surface area contributed by atoms with Crippen LogP contribution in [-0.2, 0) is 6.54 Å². The van der Waals surface area contributed by atoms with E-state index in [-0.39, 0.29) is 0 Å². The Morgan fingerprint density at radius 3 is 2.56 bits per heavy atom. The molecule has 2 N–H and O–H groups in total. The van der Waals surface area contributed by atoms with Crippen molar-refractivity contribution in [2.45, 2.75) is 26.4 Å². The molecule has 1 atom stereocenters. The fourth-order valence-electron chi connectivity index (χ4n) is 1.71. The molecule has 0 saturated heterocycles. The first-order valence-corrected chi connectivity index (χ1v) is 5.67. The molecular weight excluding hydrogens is 196 g/mol. The number of hydrogen-bond acceptors (Lipinski definition) is 1. The number of H-pyrrole nitrogens is 1. The van der Waals surface area contributed by atoms with Crippen molar-refractivity contribution in [2.24, 2.45) is 0 Å². The molecule has 0 unspecified atom stereocenters. The molecule has 1 aromatic heterocycles. The highest BCUT2D eigenvalue weighted by Gasteiger charge is 2.04. The van der Waals surface area contributed by atoms with E-state index < -0.39 is 0 Å². The average Bonchev–Trinajstić information content (AvgIpc) is 2.80. The quantitative estimate of drug-likeness (QED) is 0.803. The second-order valence-electron chi connectivity index (χ2n) is 4.23. The molecule has 0 spiro atoms. The van der Waals surface area contributed by atoms with E-state index in [1.54, 1.807) is 0 Å². The van der Waals surface area contributed by atoms with Crippen molar-refractivity contribution in [3.8, 4) is 0 Å². The van der Waals surface area contributed by atoms with Crippen molar-refractivity contribution >= 4 is 0 Å². The van der Waals surface area contributed by atoms with Crippen molar-refractivity contribution in [1.29, 1.82) is 0 Å². The third-order valence-electron chi connectivity index (χ3n) is 2.85. The summed E-state index contributed by atoms with van der Waals surface area (Å²) in [5.74, 6) is 0. The van der Waals surface area contributed by atoms with E-state index >= 15 is 0 Å². The Labute approximate surface area is 96.7 Å². The van der Waals surface area contributed by atoms with Gasteiger partial charge in [0.1, 0.15) is 0 Å². The fraction of sp³-hybridized carbons (Fsp3) is 0.286. The van der Waals surface area contributed by atoms with Crippen LogP contribution in [0.1, 0.15) is 29.7 Å². The molecule has 2 rings (SSSR count). The Hall–Kier alpha value is -1.54. The zero-order valence-corrected chi connectivity index (χ0v) is 9.83. The molecule has 84 valence electrons. The van der Waals surface area contributed by atoms with Gasteiger partial charge < -0.3 is 10.3 Å². The summed E-state index contributed by atoms with van der Waals surface area (Å²) in [6.45, 7) is 5.21. The van der Waals surface area contributed by atoms with Crippen LogP contribution in [0.15, 0.2) is 42.7 Å². The maximum atomic E-state index is 3.50. The highest BCUT2D eigenvalue weighted by molar-refractivity contribution is 5.23. The van der Waals surface area contributed by atoms with E-state index in [1.165, 1.54) is 16.7 Å². The Bertz CT molecular complexity index is 415. The van der Waals surface area contributed by atoms with Crippen LogP contribution >= 0.6 is 0 Å². The number of rotatable bonds is 4. The van der Waals surface area contributed by atoms with Crippen molar-refractivity contribution in [3.63, 3.8) is 0 Å². The van der Waals surface area contributed by atoms with Gasteiger partial charge in [0.2, 0.25) is 0 Å². The monoisotopic (exact) mass is 214 g/mol. The molecule has 2 nitrogen and oxygen atoms in total. The van der Waals surface area contributed by atoms with Gasteiger partial charge in [-0.15, -0.1) is 0 Å². The molecule has 0 aliphatic heterocycles. The van der Waals surface area contributed by atoms with Gasteiger partial charge in [-0.25, -0.2) is 0 Å². The highest BCUT2D eigenvalue weighted by atomic mass is 14.9.